The molecule has 116 valence electrons. The van der Waals surface area contributed by atoms with Gasteiger partial charge in [0.1, 0.15) is 5.69 Å². The van der Waals surface area contributed by atoms with Gasteiger partial charge >= 0.3 is 0 Å². The molecule has 0 aliphatic rings. The number of nitrogens with zero attached hydrogens (tertiary/aromatic N) is 3. The molecule has 3 heterocycles. The summed E-state index contributed by atoms with van der Waals surface area (Å²) in [5.41, 5.74) is 0.821. The molecule has 1 amide bonds. The Morgan fingerprint density at radius 1 is 1.22 bits per heavy atom. The summed E-state index contributed by atoms with van der Waals surface area (Å²) in [6, 6.07) is 9.65. The number of hydrogen-bond donors (Lipinski definition) is 1. The maximum atomic E-state index is 11.8. The molecule has 0 aromatic carbocycles. The molecule has 3 rings (SSSR count). The van der Waals surface area contributed by atoms with E-state index >= 15 is 0 Å². The van der Waals surface area contributed by atoms with Crippen LogP contribution in [0.1, 0.15) is 4.88 Å². The smallest absolute Gasteiger partial charge is 0.244 e. The van der Waals surface area contributed by atoms with E-state index in [1.54, 1.807) is 29.8 Å². The highest BCUT2D eigenvalue weighted by atomic mass is 32.1. The predicted molar refractivity (Wildman–Crippen MR) is 91.8 cm³/mol. The van der Waals surface area contributed by atoms with Crippen LogP contribution in [0.15, 0.2) is 60.4 Å². The monoisotopic (exact) mass is 324 g/mol. The van der Waals surface area contributed by atoms with Crippen molar-refractivity contribution in [1.82, 2.24) is 19.9 Å². The highest BCUT2D eigenvalue weighted by Gasteiger charge is 2.06. The first-order valence-corrected chi connectivity index (χ1v) is 8.13. The minimum Gasteiger partial charge on any atom is -0.351 e. The summed E-state index contributed by atoms with van der Waals surface area (Å²) in [5.74, 6) is 0.701. The number of rotatable bonds is 6. The lowest BCUT2D eigenvalue weighted by Gasteiger charge is -2.07. The first kappa shape index (κ1) is 15.2. The molecule has 1 N–H and O–H groups in total. The third kappa shape index (κ3) is 4.14. The molecule has 0 saturated carbocycles. The second-order valence-electron chi connectivity index (χ2n) is 4.80. The number of aromatic nitrogens is 3. The van der Waals surface area contributed by atoms with E-state index in [0.29, 0.717) is 13.1 Å². The second-order valence-corrected chi connectivity index (χ2v) is 5.78. The molecule has 0 bridgehead atoms. The SMILES string of the molecule is O=C(C=Cc1cccs1)NCCn1ccnc1-c1ccccn1. The number of amides is 1. The molecule has 0 saturated heterocycles. The lowest BCUT2D eigenvalue weighted by molar-refractivity contribution is -0.116. The molecule has 0 aliphatic heterocycles. The van der Waals surface area contributed by atoms with Gasteiger partial charge in [-0.25, -0.2) is 4.98 Å². The van der Waals surface area contributed by atoms with E-state index in [4.69, 9.17) is 0 Å². The Bertz CT molecular complexity index is 778. The van der Waals surface area contributed by atoms with Gasteiger partial charge in [-0.3, -0.25) is 9.78 Å². The number of nitrogens with one attached hydrogen (secondary N) is 1. The molecular weight excluding hydrogens is 308 g/mol. The van der Waals surface area contributed by atoms with Crippen LogP contribution in [0.5, 0.6) is 0 Å². The molecule has 5 nitrogen and oxygen atoms in total. The van der Waals surface area contributed by atoms with Crippen molar-refractivity contribution < 1.29 is 4.79 Å². The van der Waals surface area contributed by atoms with Gasteiger partial charge in [-0.05, 0) is 29.7 Å². The van der Waals surface area contributed by atoms with Crippen molar-refractivity contribution in [2.45, 2.75) is 6.54 Å². The van der Waals surface area contributed by atoms with Crippen LogP contribution in [-0.4, -0.2) is 27.0 Å². The molecule has 3 aromatic rings. The molecule has 0 spiro atoms. The van der Waals surface area contributed by atoms with Crippen molar-refractivity contribution in [3.8, 4) is 11.5 Å². The van der Waals surface area contributed by atoms with Gasteiger partial charge in [-0.2, -0.15) is 0 Å². The normalized spacial score (nSPS) is 11.0. The molecule has 0 aliphatic carbocycles. The molecule has 3 aromatic heterocycles. The number of carbonyl (C=O) groups excluding carboxylic acids is 1. The Labute approximate surface area is 138 Å². The van der Waals surface area contributed by atoms with Crippen LogP contribution >= 0.6 is 11.3 Å². The summed E-state index contributed by atoms with van der Waals surface area (Å²) >= 11 is 1.60. The summed E-state index contributed by atoms with van der Waals surface area (Å²) in [5, 5.41) is 4.85. The highest BCUT2D eigenvalue weighted by Crippen LogP contribution is 2.13. The third-order valence-electron chi connectivity index (χ3n) is 3.20. The quantitative estimate of drug-likeness (QED) is 0.709. The van der Waals surface area contributed by atoms with Gasteiger partial charge in [0.25, 0.3) is 0 Å². The van der Waals surface area contributed by atoms with Crippen molar-refractivity contribution in [1.29, 1.82) is 0 Å². The summed E-state index contributed by atoms with van der Waals surface area (Å²) < 4.78 is 1.98. The van der Waals surface area contributed by atoms with Gasteiger partial charge in [-0.15, -0.1) is 11.3 Å². The van der Waals surface area contributed by atoms with E-state index in [0.717, 1.165) is 16.4 Å². The van der Waals surface area contributed by atoms with Gasteiger partial charge in [0.15, 0.2) is 5.82 Å². The Hall–Kier alpha value is -2.73. The fraction of sp³-hybridized carbons (Fsp3) is 0.118. The van der Waals surface area contributed by atoms with Gasteiger partial charge in [0.05, 0.1) is 0 Å². The van der Waals surface area contributed by atoms with Crippen LogP contribution in [-0.2, 0) is 11.3 Å². The van der Waals surface area contributed by atoms with E-state index in [2.05, 4.69) is 15.3 Å². The molecule has 0 fully saturated rings. The van der Waals surface area contributed by atoms with Crippen molar-refractivity contribution >= 4 is 23.3 Å². The third-order valence-corrected chi connectivity index (χ3v) is 4.04. The Kier molecular flexibility index (Phi) is 4.95. The fourth-order valence-corrected chi connectivity index (χ4v) is 2.74. The molecule has 23 heavy (non-hydrogen) atoms. The molecule has 0 unspecified atom stereocenters. The van der Waals surface area contributed by atoms with Crippen LogP contribution in [0.4, 0.5) is 0 Å². The lowest BCUT2D eigenvalue weighted by atomic mass is 10.3. The van der Waals surface area contributed by atoms with Crippen molar-refractivity contribution in [3.63, 3.8) is 0 Å². The topological polar surface area (TPSA) is 59.8 Å². The summed E-state index contributed by atoms with van der Waals surface area (Å²) in [6.07, 6.45) is 8.74. The number of carbonyl (C=O) groups is 1. The largest absolute Gasteiger partial charge is 0.351 e. The summed E-state index contributed by atoms with van der Waals surface area (Å²) in [7, 11) is 0. The van der Waals surface area contributed by atoms with Gasteiger partial charge in [0, 0.05) is 42.6 Å². The molecule has 6 heteroatoms. The van der Waals surface area contributed by atoms with Crippen molar-refractivity contribution in [2.24, 2.45) is 0 Å². The van der Waals surface area contributed by atoms with Crippen LogP contribution in [0, 0.1) is 0 Å². The Morgan fingerprint density at radius 3 is 2.96 bits per heavy atom. The lowest BCUT2D eigenvalue weighted by Crippen LogP contribution is -2.25. The Balaban J connectivity index is 1.54. The zero-order valence-electron chi connectivity index (χ0n) is 12.4. The minimum absolute atomic E-state index is 0.0992. The average Bonchev–Trinajstić information content (AvgIpc) is 3.25. The maximum absolute atomic E-state index is 11.8. The highest BCUT2D eigenvalue weighted by molar-refractivity contribution is 7.10. The standard InChI is InChI=1S/C17H16N4OS/c22-16(7-6-14-4-3-13-23-14)19-9-11-21-12-10-20-17(21)15-5-1-2-8-18-15/h1-8,10,12-13H,9,11H2,(H,19,22). The van der Waals surface area contributed by atoms with E-state index in [9.17, 15) is 4.79 Å². The zero-order valence-corrected chi connectivity index (χ0v) is 13.2. The summed E-state index contributed by atoms with van der Waals surface area (Å²) in [4.78, 5) is 21.5. The van der Waals surface area contributed by atoms with E-state index < -0.39 is 0 Å². The van der Waals surface area contributed by atoms with Gasteiger partial charge < -0.3 is 9.88 Å². The molecule has 0 radical (unpaired) electrons. The van der Waals surface area contributed by atoms with E-state index in [1.807, 2.05) is 52.6 Å². The van der Waals surface area contributed by atoms with Crippen LogP contribution < -0.4 is 5.32 Å². The zero-order chi connectivity index (χ0) is 15.9. The van der Waals surface area contributed by atoms with Crippen LogP contribution in [0.2, 0.25) is 0 Å². The number of thiophene rings is 1. The molecular formula is C17H16N4OS. The average molecular weight is 324 g/mol. The van der Waals surface area contributed by atoms with Crippen molar-refractivity contribution in [3.05, 3.63) is 65.3 Å². The summed E-state index contributed by atoms with van der Waals surface area (Å²) in [6.45, 7) is 1.17. The number of hydrogen-bond acceptors (Lipinski definition) is 4. The predicted octanol–water partition coefficient (Wildman–Crippen LogP) is 2.84. The van der Waals surface area contributed by atoms with Crippen LogP contribution in [0.3, 0.4) is 0 Å². The van der Waals surface area contributed by atoms with Crippen LogP contribution in [0.25, 0.3) is 17.6 Å². The fourth-order valence-electron chi connectivity index (χ4n) is 2.12. The maximum Gasteiger partial charge on any atom is 0.244 e. The number of pyridine rings is 1. The first-order valence-electron chi connectivity index (χ1n) is 7.25. The Morgan fingerprint density at radius 2 is 2.17 bits per heavy atom. The van der Waals surface area contributed by atoms with E-state index in [-0.39, 0.29) is 5.91 Å². The molecule has 0 atom stereocenters. The minimum atomic E-state index is -0.0992. The van der Waals surface area contributed by atoms with Gasteiger partial charge in [-0.1, -0.05) is 12.1 Å². The van der Waals surface area contributed by atoms with Gasteiger partial charge in [0.2, 0.25) is 5.91 Å². The number of imidazole rings is 1. The first-order chi connectivity index (χ1) is 11.3. The van der Waals surface area contributed by atoms with E-state index in [1.165, 1.54) is 0 Å². The second kappa shape index (κ2) is 7.51. The van der Waals surface area contributed by atoms with Crippen molar-refractivity contribution in [2.75, 3.05) is 6.54 Å².